The Morgan fingerprint density at radius 1 is 0.938 bits per heavy atom. The van der Waals surface area contributed by atoms with E-state index in [4.69, 9.17) is 12.2 Å². The fourth-order valence-electron chi connectivity index (χ4n) is 3.97. The van der Waals surface area contributed by atoms with Gasteiger partial charge in [-0.1, -0.05) is 19.2 Å². The molecule has 4 aromatic heterocycles. The molecule has 0 fully saturated rings. The molecule has 0 saturated heterocycles. The first-order valence-corrected chi connectivity index (χ1v) is 18.3. The standard InChI is InChI=1S/C22H19NO2S6Si/c1-12-9-27-19-20-22(31(24,25)21(12)19)13(2)18(30-20)16-6-5-14(28-16)15-7-8-17(29-15)32(3,4)11-23-10-26/h5-9H,11H2,1-4H3. The lowest BCUT2D eigenvalue weighted by Crippen LogP contribution is -2.42. The topological polar surface area (TPSA) is 46.5 Å². The summed E-state index contributed by atoms with van der Waals surface area (Å²) < 4.78 is 27.8. The normalized spacial score (nSPS) is 14.2. The summed E-state index contributed by atoms with van der Waals surface area (Å²) in [4.78, 5) is 11.7. The van der Waals surface area contributed by atoms with E-state index in [2.05, 4.69) is 47.5 Å². The molecule has 0 radical (unpaired) electrons. The quantitative estimate of drug-likeness (QED) is 0.132. The maximum absolute atomic E-state index is 13.2. The Balaban J connectivity index is 1.52. The summed E-state index contributed by atoms with van der Waals surface area (Å²) in [6.07, 6.45) is 0.755. The third-order valence-corrected chi connectivity index (χ3v) is 17.5. The van der Waals surface area contributed by atoms with Crippen molar-refractivity contribution in [2.24, 2.45) is 4.99 Å². The minimum Gasteiger partial charge on any atom is -0.235 e. The smallest absolute Gasteiger partial charge is 0.210 e. The maximum atomic E-state index is 13.2. The second-order valence-corrected chi connectivity index (χ2v) is 19.5. The minimum absolute atomic E-state index is 0.515. The second kappa shape index (κ2) is 7.92. The molecule has 0 amide bonds. The van der Waals surface area contributed by atoms with Gasteiger partial charge in [0.05, 0.1) is 24.7 Å². The Morgan fingerprint density at radius 3 is 2.38 bits per heavy atom. The van der Waals surface area contributed by atoms with Crippen molar-refractivity contribution in [2.75, 3.05) is 6.17 Å². The molecule has 0 bridgehead atoms. The van der Waals surface area contributed by atoms with Crippen LogP contribution >= 0.6 is 57.6 Å². The van der Waals surface area contributed by atoms with Crippen molar-refractivity contribution in [3.63, 3.8) is 0 Å². The van der Waals surface area contributed by atoms with Gasteiger partial charge in [0.2, 0.25) is 9.84 Å². The average Bonchev–Trinajstić information content (AvgIpc) is 3.51. The Morgan fingerprint density at radius 2 is 1.62 bits per heavy atom. The maximum Gasteiger partial charge on any atom is 0.210 e. The number of aliphatic imine (C=N–C) groups is 1. The molecule has 4 aromatic rings. The lowest BCUT2D eigenvalue weighted by molar-refractivity contribution is 0.598. The molecule has 10 heteroatoms. The van der Waals surface area contributed by atoms with Crippen LogP contribution in [0.15, 0.2) is 44.4 Å². The van der Waals surface area contributed by atoms with Gasteiger partial charge in [-0.3, -0.25) is 0 Å². The van der Waals surface area contributed by atoms with Crippen LogP contribution in [0.2, 0.25) is 13.1 Å². The number of thiocarbonyl (C=S) groups is 1. The lowest BCUT2D eigenvalue weighted by atomic mass is 10.2. The predicted molar refractivity (Wildman–Crippen MR) is 146 cm³/mol. The van der Waals surface area contributed by atoms with Gasteiger partial charge in [0.15, 0.2) is 0 Å². The molecule has 0 N–H and O–H groups in total. The van der Waals surface area contributed by atoms with Crippen LogP contribution in [0.5, 0.6) is 0 Å². The van der Waals surface area contributed by atoms with E-state index in [-0.39, 0.29) is 0 Å². The molecule has 5 rings (SSSR count). The molecule has 5 heterocycles. The number of fused-ring (bicyclic) bond motifs is 3. The zero-order valence-corrected chi connectivity index (χ0v) is 23.7. The fraction of sp³-hybridized carbons (Fsp3) is 0.227. The monoisotopic (exact) mass is 549 g/mol. The van der Waals surface area contributed by atoms with Crippen LogP contribution in [-0.4, -0.2) is 27.8 Å². The van der Waals surface area contributed by atoms with Gasteiger partial charge in [0.25, 0.3) is 0 Å². The zero-order valence-electron chi connectivity index (χ0n) is 17.8. The molecule has 1 aliphatic heterocycles. The number of nitrogens with zero attached hydrogens (tertiary/aromatic N) is 1. The lowest BCUT2D eigenvalue weighted by Gasteiger charge is -2.16. The van der Waals surface area contributed by atoms with E-state index in [0.717, 1.165) is 36.8 Å². The van der Waals surface area contributed by atoms with Gasteiger partial charge >= 0.3 is 0 Å². The van der Waals surface area contributed by atoms with E-state index in [1.54, 1.807) is 22.7 Å². The van der Waals surface area contributed by atoms with Gasteiger partial charge in [0.1, 0.15) is 8.07 Å². The summed E-state index contributed by atoms with van der Waals surface area (Å²) in [6.45, 7) is 8.43. The van der Waals surface area contributed by atoms with Gasteiger partial charge in [-0.2, -0.15) is 0 Å². The van der Waals surface area contributed by atoms with Crippen LogP contribution in [0, 0.1) is 13.8 Å². The molecule has 32 heavy (non-hydrogen) atoms. The molecule has 3 nitrogen and oxygen atoms in total. The molecule has 164 valence electrons. The van der Waals surface area contributed by atoms with E-state index in [0.29, 0.717) is 9.79 Å². The number of isothiocyanates is 1. The molecular weight excluding hydrogens is 531 g/mol. The first-order valence-electron chi connectivity index (χ1n) is 9.86. The largest absolute Gasteiger partial charge is 0.235 e. The van der Waals surface area contributed by atoms with E-state index in [9.17, 15) is 8.42 Å². The minimum atomic E-state index is -3.43. The summed E-state index contributed by atoms with van der Waals surface area (Å²) in [5.41, 5.74) is 1.73. The van der Waals surface area contributed by atoms with E-state index in [1.165, 1.54) is 25.6 Å². The van der Waals surface area contributed by atoms with Crippen molar-refractivity contribution in [3.05, 3.63) is 40.8 Å². The van der Waals surface area contributed by atoms with Gasteiger partial charge in [-0.25, -0.2) is 13.4 Å². The summed E-state index contributed by atoms with van der Waals surface area (Å²) in [6, 6.07) is 8.69. The number of hydrogen-bond acceptors (Lipinski definition) is 8. The predicted octanol–water partition coefficient (Wildman–Crippen LogP) is 7.25. The highest BCUT2D eigenvalue weighted by molar-refractivity contribution is 7.92. The summed E-state index contributed by atoms with van der Waals surface area (Å²) in [7, 11) is -5.09. The molecule has 1 aliphatic rings. The molecule has 0 atom stereocenters. The van der Waals surface area contributed by atoms with Crippen molar-refractivity contribution < 1.29 is 8.42 Å². The van der Waals surface area contributed by atoms with Crippen molar-refractivity contribution in [2.45, 2.75) is 36.7 Å². The number of sulfone groups is 1. The second-order valence-electron chi connectivity index (χ2n) is 8.41. The van der Waals surface area contributed by atoms with Crippen molar-refractivity contribution >= 4 is 85.1 Å². The number of rotatable bonds is 5. The third kappa shape index (κ3) is 3.40. The highest BCUT2D eigenvalue weighted by Gasteiger charge is 2.40. The van der Waals surface area contributed by atoms with Crippen LogP contribution in [0.1, 0.15) is 11.1 Å². The highest BCUT2D eigenvalue weighted by atomic mass is 32.2. The molecule has 0 spiro atoms. The number of thiophene rings is 4. The first-order chi connectivity index (χ1) is 15.1. The fourth-order valence-corrected chi connectivity index (χ4v) is 14.3. The molecular formula is C22H19NO2S6Si. The molecule has 0 unspecified atom stereocenters. The molecule has 0 aliphatic carbocycles. The van der Waals surface area contributed by atoms with Crippen LogP contribution in [0.3, 0.4) is 0 Å². The first kappa shape index (κ1) is 22.6. The SMILES string of the molecule is Cc1csc2c1S(=O)(=O)c1c-2sc(-c2ccc(-c3ccc([Si](C)(C)CN=C=S)s3)s2)c1C. The van der Waals surface area contributed by atoms with E-state index < -0.39 is 17.9 Å². The Labute approximate surface area is 210 Å². The summed E-state index contributed by atoms with van der Waals surface area (Å²) >= 11 is 11.5. The Bertz CT molecular complexity index is 1530. The highest BCUT2D eigenvalue weighted by Crippen LogP contribution is 2.56. The van der Waals surface area contributed by atoms with Crippen LogP contribution in [0.25, 0.3) is 29.3 Å². The van der Waals surface area contributed by atoms with E-state index >= 15 is 0 Å². The number of hydrogen-bond donors (Lipinski definition) is 0. The Hall–Kier alpha value is -1.23. The molecule has 0 aromatic carbocycles. The van der Waals surface area contributed by atoms with Crippen molar-refractivity contribution in [3.8, 4) is 29.3 Å². The van der Waals surface area contributed by atoms with Gasteiger partial charge in [-0.05, 0) is 65.3 Å². The van der Waals surface area contributed by atoms with Crippen molar-refractivity contribution in [1.29, 1.82) is 0 Å². The Kier molecular flexibility index (Phi) is 5.58. The van der Waals surface area contributed by atoms with Gasteiger partial charge < -0.3 is 0 Å². The molecule has 0 saturated carbocycles. The van der Waals surface area contributed by atoms with Gasteiger partial charge in [0, 0.05) is 25.7 Å². The zero-order chi connectivity index (χ0) is 22.8. The van der Waals surface area contributed by atoms with Crippen LogP contribution < -0.4 is 4.50 Å². The van der Waals surface area contributed by atoms with E-state index in [1.807, 2.05) is 30.6 Å². The third-order valence-electron chi connectivity index (χ3n) is 5.64. The van der Waals surface area contributed by atoms with Crippen LogP contribution in [0.4, 0.5) is 0 Å². The van der Waals surface area contributed by atoms with Gasteiger partial charge in [-0.15, -0.1) is 45.3 Å². The summed E-state index contributed by atoms with van der Waals surface area (Å²) in [5.74, 6) is 0. The average molecular weight is 550 g/mol. The van der Waals surface area contributed by atoms with Crippen LogP contribution in [-0.2, 0) is 9.84 Å². The summed E-state index contributed by atoms with van der Waals surface area (Å²) in [5, 5.41) is 4.44. The van der Waals surface area contributed by atoms with Crippen molar-refractivity contribution in [1.82, 2.24) is 0 Å². The number of aryl methyl sites for hydroxylation is 1.